The van der Waals surface area contributed by atoms with Crippen molar-refractivity contribution in [3.05, 3.63) is 24.3 Å². The number of carbonyl (C=O) groups excluding carboxylic acids is 3. The molecule has 0 aliphatic carbocycles. The van der Waals surface area contributed by atoms with Crippen molar-refractivity contribution in [1.82, 2.24) is 14.9 Å². The first kappa shape index (κ1) is 24.2. The molecule has 0 aromatic heterocycles. The lowest BCUT2D eigenvalue weighted by Crippen LogP contribution is -2.50. The number of anilines is 1. The predicted molar refractivity (Wildman–Crippen MR) is 120 cm³/mol. The van der Waals surface area contributed by atoms with Crippen LogP contribution in [0.3, 0.4) is 0 Å². The summed E-state index contributed by atoms with van der Waals surface area (Å²) in [6, 6.07) is 5.74. The maximum atomic E-state index is 13.0. The second kappa shape index (κ2) is 9.99. The van der Waals surface area contributed by atoms with Gasteiger partial charge in [-0.25, -0.2) is 8.42 Å². The van der Waals surface area contributed by atoms with E-state index in [0.29, 0.717) is 31.5 Å². The first-order valence-electron chi connectivity index (χ1n) is 11.1. The summed E-state index contributed by atoms with van der Waals surface area (Å²) < 4.78 is 27.4. The van der Waals surface area contributed by atoms with Crippen molar-refractivity contribution in [2.24, 2.45) is 5.92 Å². The number of sulfonamides is 1. The minimum atomic E-state index is -3.68. The van der Waals surface area contributed by atoms with Gasteiger partial charge in [0.05, 0.1) is 4.90 Å². The summed E-state index contributed by atoms with van der Waals surface area (Å²) in [7, 11) is -3.68. The van der Waals surface area contributed by atoms with Crippen molar-refractivity contribution < 1.29 is 22.8 Å². The van der Waals surface area contributed by atoms with Crippen molar-refractivity contribution in [2.75, 3.05) is 24.5 Å². The van der Waals surface area contributed by atoms with Gasteiger partial charge in [-0.1, -0.05) is 0 Å². The highest BCUT2D eigenvalue weighted by Gasteiger charge is 2.33. The smallest absolute Gasteiger partial charge is 0.243 e. The third kappa shape index (κ3) is 5.47. The summed E-state index contributed by atoms with van der Waals surface area (Å²) in [6.07, 6.45) is 2.11. The summed E-state index contributed by atoms with van der Waals surface area (Å²) in [5.74, 6) is -0.753. The van der Waals surface area contributed by atoms with Gasteiger partial charge in [-0.15, -0.1) is 0 Å². The number of rotatable bonds is 7. The highest BCUT2D eigenvalue weighted by atomic mass is 32.2. The summed E-state index contributed by atoms with van der Waals surface area (Å²) in [6.45, 7) is 6.45. The largest absolute Gasteiger partial charge is 0.352 e. The molecule has 1 atom stereocenters. The highest BCUT2D eigenvalue weighted by Crippen LogP contribution is 2.27. The van der Waals surface area contributed by atoms with Gasteiger partial charge in [0.15, 0.2) is 0 Å². The molecule has 2 aliphatic heterocycles. The van der Waals surface area contributed by atoms with Crippen LogP contribution >= 0.6 is 0 Å². The van der Waals surface area contributed by atoms with Gasteiger partial charge >= 0.3 is 0 Å². The Hall–Kier alpha value is -2.46. The van der Waals surface area contributed by atoms with E-state index in [-0.39, 0.29) is 47.7 Å². The van der Waals surface area contributed by atoms with Crippen LogP contribution in [-0.4, -0.2) is 62.2 Å². The number of carbonyl (C=O) groups is 3. The Balaban J connectivity index is 1.56. The Morgan fingerprint density at radius 2 is 1.62 bits per heavy atom. The fourth-order valence-electron chi connectivity index (χ4n) is 4.03. The third-order valence-electron chi connectivity index (χ3n) is 5.87. The van der Waals surface area contributed by atoms with E-state index in [4.69, 9.17) is 0 Å². The zero-order valence-corrected chi connectivity index (χ0v) is 19.7. The predicted octanol–water partition coefficient (Wildman–Crippen LogP) is 1.24. The van der Waals surface area contributed by atoms with Gasteiger partial charge in [0, 0.05) is 43.7 Å². The number of hydrogen-bond acceptors (Lipinski definition) is 5. The lowest BCUT2D eigenvalue weighted by molar-refractivity contribution is -0.131. The van der Waals surface area contributed by atoms with Crippen LogP contribution < -0.4 is 15.5 Å². The molecule has 2 saturated heterocycles. The Morgan fingerprint density at radius 3 is 2.16 bits per heavy atom. The van der Waals surface area contributed by atoms with Crippen molar-refractivity contribution in [2.45, 2.75) is 63.4 Å². The maximum absolute atomic E-state index is 13.0. The van der Waals surface area contributed by atoms with Gasteiger partial charge in [0.1, 0.15) is 6.04 Å². The number of nitrogens with zero attached hydrogens (tertiary/aromatic N) is 2. The molecule has 3 amide bonds. The summed E-state index contributed by atoms with van der Waals surface area (Å²) in [5, 5.41) is 5.48. The van der Waals surface area contributed by atoms with E-state index >= 15 is 0 Å². The fourth-order valence-corrected chi connectivity index (χ4v) is 5.50. The SMILES string of the molecule is CC(C)NC(=O)C(C)NC(=O)C1CCN(S(=O)(=O)c2ccc(N3CCCC3=O)cc2)CC1. The second-order valence-corrected chi connectivity index (χ2v) is 10.7. The molecule has 9 nitrogen and oxygen atoms in total. The van der Waals surface area contributed by atoms with Crippen LogP contribution in [0.15, 0.2) is 29.2 Å². The molecule has 0 spiro atoms. The monoisotopic (exact) mass is 464 g/mol. The molecule has 2 fully saturated rings. The molecule has 1 unspecified atom stereocenters. The molecule has 0 bridgehead atoms. The fraction of sp³-hybridized carbons (Fsp3) is 0.591. The Bertz CT molecular complexity index is 953. The molecular formula is C22H32N4O5S. The van der Waals surface area contributed by atoms with E-state index < -0.39 is 16.1 Å². The van der Waals surface area contributed by atoms with Crippen molar-refractivity contribution in [1.29, 1.82) is 0 Å². The lowest BCUT2D eigenvalue weighted by Gasteiger charge is -2.31. The molecule has 0 saturated carbocycles. The summed E-state index contributed by atoms with van der Waals surface area (Å²) in [5.41, 5.74) is 0.706. The molecule has 2 N–H and O–H groups in total. The van der Waals surface area contributed by atoms with E-state index in [1.54, 1.807) is 24.0 Å². The number of benzene rings is 1. The van der Waals surface area contributed by atoms with Crippen molar-refractivity contribution in [3.8, 4) is 0 Å². The lowest BCUT2D eigenvalue weighted by atomic mass is 9.97. The number of amides is 3. The molecule has 32 heavy (non-hydrogen) atoms. The second-order valence-electron chi connectivity index (χ2n) is 8.71. The Kier molecular flexibility index (Phi) is 7.55. The minimum Gasteiger partial charge on any atom is -0.352 e. The molecule has 10 heteroatoms. The molecule has 2 heterocycles. The minimum absolute atomic E-state index is 0.0137. The van der Waals surface area contributed by atoms with Gasteiger partial charge in [0.2, 0.25) is 27.7 Å². The van der Waals surface area contributed by atoms with E-state index in [1.165, 1.54) is 16.4 Å². The molecule has 1 aromatic rings. The molecular weight excluding hydrogens is 432 g/mol. The highest BCUT2D eigenvalue weighted by molar-refractivity contribution is 7.89. The Morgan fingerprint density at radius 1 is 1.00 bits per heavy atom. The standard InChI is InChI=1S/C22H32N4O5S/c1-15(2)23-21(28)16(3)24-22(29)17-10-13-25(14-11-17)32(30,31)19-8-6-18(7-9-19)26-12-4-5-20(26)27/h6-9,15-17H,4-5,10-14H2,1-3H3,(H,23,28)(H,24,29). The molecule has 3 rings (SSSR count). The van der Waals surface area contributed by atoms with E-state index in [1.807, 2.05) is 13.8 Å². The molecule has 0 radical (unpaired) electrons. The van der Waals surface area contributed by atoms with Crippen LogP contribution in [-0.2, 0) is 24.4 Å². The van der Waals surface area contributed by atoms with Gasteiger partial charge in [-0.2, -0.15) is 4.31 Å². The first-order valence-corrected chi connectivity index (χ1v) is 12.5. The molecule has 176 valence electrons. The van der Waals surface area contributed by atoms with Crippen molar-refractivity contribution >= 4 is 33.4 Å². The molecule has 2 aliphatic rings. The summed E-state index contributed by atoms with van der Waals surface area (Å²) in [4.78, 5) is 38.3. The van der Waals surface area contributed by atoms with Crippen LogP contribution in [0, 0.1) is 5.92 Å². The van der Waals surface area contributed by atoms with E-state index in [0.717, 1.165) is 6.42 Å². The van der Waals surface area contributed by atoms with Gasteiger partial charge < -0.3 is 15.5 Å². The van der Waals surface area contributed by atoms with Crippen LogP contribution in [0.25, 0.3) is 0 Å². The average molecular weight is 465 g/mol. The normalized spacial score (nSPS) is 19.2. The topological polar surface area (TPSA) is 116 Å². The Labute approximate surface area is 189 Å². The van der Waals surface area contributed by atoms with Crippen molar-refractivity contribution in [3.63, 3.8) is 0 Å². The molecule has 1 aromatic carbocycles. The van der Waals surface area contributed by atoms with Gasteiger partial charge in [-0.3, -0.25) is 14.4 Å². The number of piperidine rings is 1. The van der Waals surface area contributed by atoms with Crippen LogP contribution in [0.1, 0.15) is 46.5 Å². The van der Waals surface area contributed by atoms with E-state index in [9.17, 15) is 22.8 Å². The average Bonchev–Trinajstić information content (AvgIpc) is 3.19. The zero-order valence-electron chi connectivity index (χ0n) is 18.8. The van der Waals surface area contributed by atoms with Crippen LogP contribution in [0.2, 0.25) is 0 Å². The maximum Gasteiger partial charge on any atom is 0.243 e. The quantitative estimate of drug-likeness (QED) is 0.630. The number of hydrogen-bond donors (Lipinski definition) is 2. The summed E-state index contributed by atoms with van der Waals surface area (Å²) >= 11 is 0. The van der Waals surface area contributed by atoms with Crippen LogP contribution in [0.4, 0.5) is 5.69 Å². The number of nitrogens with one attached hydrogen (secondary N) is 2. The first-order chi connectivity index (χ1) is 15.1. The van der Waals surface area contributed by atoms with Crippen LogP contribution in [0.5, 0.6) is 0 Å². The van der Waals surface area contributed by atoms with Gasteiger partial charge in [0.25, 0.3) is 0 Å². The third-order valence-corrected chi connectivity index (χ3v) is 7.78. The van der Waals surface area contributed by atoms with Gasteiger partial charge in [-0.05, 0) is 64.3 Å². The van der Waals surface area contributed by atoms with E-state index in [2.05, 4.69) is 10.6 Å². The zero-order chi connectivity index (χ0) is 23.5.